The first-order valence-electron chi connectivity index (χ1n) is 7.55. The summed E-state index contributed by atoms with van der Waals surface area (Å²) in [6.07, 6.45) is 1.18. The lowest BCUT2D eigenvalue weighted by Crippen LogP contribution is -2.35. The van der Waals surface area contributed by atoms with Gasteiger partial charge in [-0.25, -0.2) is 5.01 Å². The molecule has 0 atom stereocenters. The number of para-hydroxylation sites is 1. The van der Waals surface area contributed by atoms with E-state index >= 15 is 0 Å². The number of hydrogen-bond acceptors (Lipinski definition) is 6. The fourth-order valence-electron chi connectivity index (χ4n) is 2.69. The molecule has 0 bridgehead atoms. The van der Waals surface area contributed by atoms with Crippen LogP contribution in [0.5, 0.6) is 11.5 Å². The Kier molecular flexibility index (Phi) is 3.54. The number of anilines is 1. The van der Waals surface area contributed by atoms with Crippen molar-refractivity contribution >= 4 is 29.3 Å². The summed E-state index contributed by atoms with van der Waals surface area (Å²) < 4.78 is 10.3. The van der Waals surface area contributed by atoms with Gasteiger partial charge >= 0.3 is 0 Å². The lowest BCUT2D eigenvalue weighted by Gasteiger charge is -2.13. The van der Waals surface area contributed by atoms with Gasteiger partial charge in [0.25, 0.3) is 17.5 Å². The molecule has 1 N–H and O–H groups in total. The average molecular weight is 353 g/mol. The minimum absolute atomic E-state index is 0.0479. The first-order valence-corrected chi connectivity index (χ1v) is 7.55. The third-order valence-corrected chi connectivity index (χ3v) is 3.92. The molecule has 2 amide bonds. The van der Waals surface area contributed by atoms with Crippen LogP contribution in [0.2, 0.25) is 0 Å². The van der Waals surface area contributed by atoms with Gasteiger partial charge in [-0.15, -0.1) is 0 Å². The second-order valence-electron chi connectivity index (χ2n) is 5.50. The van der Waals surface area contributed by atoms with Crippen LogP contribution in [0.1, 0.15) is 5.56 Å². The molecule has 2 aliphatic rings. The molecular weight excluding hydrogens is 342 g/mol. The predicted molar refractivity (Wildman–Crippen MR) is 89.3 cm³/mol. The number of nitro groups is 1. The Morgan fingerprint density at radius 2 is 1.81 bits per heavy atom. The molecule has 0 unspecified atom stereocenters. The number of rotatable bonds is 3. The number of amides is 2. The molecule has 2 aromatic rings. The molecule has 9 nitrogen and oxygen atoms in total. The molecular formula is C17H11N3O6. The van der Waals surface area contributed by atoms with Crippen LogP contribution in [0.15, 0.2) is 48.0 Å². The van der Waals surface area contributed by atoms with E-state index in [2.05, 4.69) is 5.43 Å². The molecule has 0 radical (unpaired) electrons. The van der Waals surface area contributed by atoms with Crippen molar-refractivity contribution in [2.24, 2.45) is 0 Å². The van der Waals surface area contributed by atoms with Gasteiger partial charge in [0.1, 0.15) is 5.57 Å². The van der Waals surface area contributed by atoms with Gasteiger partial charge in [-0.05, 0) is 24.3 Å². The minimum atomic E-state index is -0.647. The van der Waals surface area contributed by atoms with Crippen molar-refractivity contribution in [3.8, 4) is 11.5 Å². The van der Waals surface area contributed by atoms with Crippen molar-refractivity contribution in [3.05, 3.63) is 63.7 Å². The molecule has 2 aromatic carbocycles. The van der Waals surface area contributed by atoms with Gasteiger partial charge in [-0.2, -0.15) is 0 Å². The topological polar surface area (TPSA) is 111 Å². The highest BCUT2D eigenvalue weighted by Gasteiger charge is 2.35. The van der Waals surface area contributed by atoms with E-state index in [4.69, 9.17) is 9.47 Å². The van der Waals surface area contributed by atoms with E-state index in [0.717, 1.165) is 5.01 Å². The molecule has 0 saturated carbocycles. The maximum absolute atomic E-state index is 12.6. The van der Waals surface area contributed by atoms with Gasteiger partial charge in [0.15, 0.2) is 11.5 Å². The van der Waals surface area contributed by atoms with Crippen LogP contribution in [-0.2, 0) is 9.59 Å². The van der Waals surface area contributed by atoms with Crippen molar-refractivity contribution in [2.75, 3.05) is 11.8 Å². The first-order chi connectivity index (χ1) is 12.5. The van der Waals surface area contributed by atoms with E-state index in [1.807, 2.05) is 0 Å². The zero-order valence-corrected chi connectivity index (χ0v) is 13.2. The molecule has 9 heteroatoms. The van der Waals surface area contributed by atoms with Gasteiger partial charge < -0.3 is 9.47 Å². The summed E-state index contributed by atoms with van der Waals surface area (Å²) in [5, 5.41) is 12.4. The second-order valence-corrected chi connectivity index (χ2v) is 5.50. The number of nitrogens with one attached hydrogen (secondary N) is 1. The van der Waals surface area contributed by atoms with Crippen molar-refractivity contribution in [2.45, 2.75) is 0 Å². The summed E-state index contributed by atoms with van der Waals surface area (Å²) in [5.41, 5.74) is 2.50. The molecule has 0 aromatic heterocycles. The predicted octanol–water partition coefficient (Wildman–Crippen LogP) is 1.78. The van der Waals surface area contributed by atoms with E-state index in [1.165, 1.54) is 18.2 Å². The van der Waals surface area contributed by atoms with Crippen molar-refractivity contribution in [1.82, 2.24) is 5.43 Å². The van der Waals surface area contributed by atoms with Crippen LogP contribution in [0.4, 0.5) is 11.4 Å². The summed E-state index contributed by atoms with van der Waals surface area (Å²) in [5.74, 6) is -0.695. The molecule has 2 heterocycles. The molecule has 130 valence electrons. The number of hydrogen-bond donors (Lipinski definition) is 1. The molecule has 0 aliphatic carbocycles. The molecule has 2 aliphatic heterocycles. The fourth-order valence-corrected chi connectivity index (χ4v) is 2.69. The normalized spacial score (nSPS) is 16.9. The number of fused-ring (bicyclic) bond motifs is 1. The third-order valence-electron chi connectivity index (χ3n) is 3.92. The maximum atomic E-state index is 12.6. The second kappa shape index (κ2) is 5.88. The summed E-state index contributed by atoms with van der Waals surface area (Å²) in [6, 6.07) is 11.1. The number of carbonyl (C=O) groups excluding carboxylic acids is 2. The number of nitro benzene ring substituents is 1. The van der Waals surface area contributed by atoms with Gasteiger partial charge in [0.05, 0.1) is 22.2 Å². The van der Waals surface area contributed by atoms with Crippen molar-refractivity contribution in [3.63, 3.8) is 0 Å². The fraction of sp³-hybridized carbons (Fsp3) is 0.0588. The molecule has 26 heavy (non-hydrogen) atoms. The molecule has 1 fully saturated rings. The highest BCUT2D eigenvalue weighted by molar-refractivity contribution is 6.31. The summed E-state index contributed by atoms with van der Waals surface area (Å²) in [7, 11) is 0. The maximum Gasteiger partial charge on any atom is 0.282 e. The van der Waals surface area contributed by atoms with Crippen LogP contribution in [0.3, 0.4) is 0 Å². The monoisotopic (exact) mass is 353 g/mol. The van der Waals surface area contributed by atoms with Crippen molar-refractivity contribution < 1.29 is 24.0 Å². The SMILES string of the molecule is O=C1NN(c2ccccc2)C(=O)/C1=C/c1cc2c(cc1[N+](=O)[O-])OCO2. The highest BCUT2D eigenvalue weighted by atomic mass is 16.7. The summed E-state index contributed by atoms with van der Waals surface area (Å²) in [4.78, 5) is 35.5. The Hall–Kier alpha value is -3.88. The lowest BCUT2D eigenvalue weighted by atomic mass is 10.1. The van der Waals surface area contributed by atoms with Gasteiger partial charge in [0, 0.05) is 0 Å². The minimum Gasteiger partial charge on any atom is -0.454 e. The van der Waals surface area contributed by atoms with Crippen LogP contribution in [-0.4, -0.2) is 23.5 Å². The number of carbonyl (C=O) groups is 2. The Bertz CT molecular complexity index is 970. The number of ether oxygens (including phenoxy) is 2. The average Bonchev–Trinajstić information content (AvgIpc) is 3.20. The van der Waals surface area contributed by atoms with Gasteiger partial charge in [0.2, 0.25) is 6.79 Å². The number of benzene rings is 2. The van der Waals surface area contributed by atoms with Crippen LogP contribution in [0.25, 0.3) is 6.08 Å². The van der Waals surface area contributed by atoms with E-state index < -0.39 is 16.7 Å². The number of hydrazine groups is 1. The van der Waals surface area contributed by atoms with Gasteiger partial charge in [-0.1, -0.05) is 18.2 Å². The van der Waals surface area contributed by atoms with Gasteiger partial charge in [-0.3, -0.25) is 25.1 Å². The van der Waals surface area contributed by atoms with Crippen LogP contribution in [0, 0.1) is 10.1 Å². The summed E-state index contributed by atoms with van der Waals surface area (Å²) >= 11 is 0. The third kappa shape index (κ3) is 2.51. The van der Waals surface area contributed by atoms with E-state index in [1.54, 1.807) is 30.3 Å². The van der Waals surface area contributed by atoms with Crippen LogP contribution < -0.4 is 19.9 Å². The zero-order valence-electron chi connectivity index (χ0n) is 13.2. The Balaban J connectivity index is 1.76. The van der Waals surface area contributed by atoms with Crippen LogP contribution >= 0.6 is 0 Å². The smallest absolute Gasteiger partial charge is 0.282 e. The van der Waals surface area contributed by atoms with Crippen molar-refractivity contribution in [1.29, 1.82) is 0 Å². The number of nitrogens with zero attached hydrogens (tertiary/aromatic N) is 2. The highest BCUT2D eigenvalue weighted by Crippen LogP contribution is 2.39. The Labute approximate surface area is 146 Å². The first kappa shape index (κ1) is 15.6. The lowest BCUT2D eigenvalue weighted by molar-refractivity contribution is -0.385. The quantitative estimate of drug-likeness (QED) is 0.390. The largest absolute Gasteiger partial charge is 0.454 e. The zero-order chi connectivity index (χ0) is 18.3. The molecule has 4 rings (SSSR count). The standard InChI is InChI=1S/C17H11N3O6/c21-16-12(17(22)19(18-16)11-4-2-1-3-5-11)6-10-7-14-15(26-9-25-14)8-13(10)20(23)24/h1-8H,9H2,(H,18,21)/b12-6+. The van der Waals surface area contributed by atoms with E-state index in [9.17, 15) is 19.7 Å². The molecule has 1 saturated heterocycles. The molecule has 0 spiro atoms. The Morgan fingerprint density at radius 3 is 2.50 bits per heavy atom. The van der Waals surface area contributed by atoms with E-state index in [-0.39, 0.29) is 29.4 Å². The Morgan fingerprint density at radius 1 is 1.12 bits per heavy atom. The summed E-state index contributed by atoms with van der Waals surface area (Å²) in [6.45, 7) is -0.0479. The van der Waals surface area contributed by atoms with E-state index in [0.29, 0.717) is 11.4 Å².